The Morgan fingerprint density at radius 1 is 1.25 bits per heavy atom. The maximum absolute atomic E-state index is 12.4. The zero-order valence-corrected chi connectivity index (χ0v) is 13.4. The van der Waals surface area contributed by atoms with Gasteiger partial charge < -0.3 is 10.5 Å². The first kappa shape index (κ1) is 14.8. The summed E-state index contributed by atoms with van der Waals surface area (Å²) in [5.41, 5.74) is 9.68. The molecular formula is C17H18N5O2+. The highest BCUT2D eigenvalue weighted by atomic mass is 16.5. The molecule has 2 aromatic heterocycles. The second-order valence-electron chi connectivity index (χ2n) is 5.98. The number of amides is 2. The topological polar surface area (TPSA) is 90.5 Å². The molecular weight excluding hydrogens is 306 g/mol. The van der Waals surface area contributed by atoms with Crippen molar-refractivity contribution in [1.82, 2.24) is 14.6 Å². The van der Waals surface area contributed by atoms with E-state index in [4.69, 9.17) is 15.6 Å². The maximum atomic E-state index is 12.4. The number of allylic oxidation sites excluding steroid dienone is 1. The zero-order chi connectivity index (χ0) is 16.7. The van der Waals surface area contributed by atoms with Crippen molar-refractivity contribution >= 4 is 28.5 Å². The Balaban J connectivity index is 1.99. The van der Waals surface area contributed by atoms with Crippen LogP contribution in [0.25, 0.3) is 11.0 Å². The Morgan fingerprint density at radius 2 is 2.08 bits per heavy atom. The molecule has 7 heteroatoms. The number of carbonyl (C=O) groups is 1. The second kappa shape index (κ2) is 5.38. The van der Waals surface area contributed by atoms with Crippen LogP contribution < -0.4 is 15.1 Å². The average molecular weight is 324 g/mol. The molecule has 0 bridgehead atoms. The lowest BCUT2D eigenvalue weighted by Crippen LogP contribution is -2.47. The van der Waals surface area contributed by atoms with Crippen molar-refractivity contribution in [2.24, 2.45) is 10.8 Å². The van der Waals surface area contributed by atoms with Crippen LogP contribution in [-0.2, 0) is 0 Å². The first-order valence-electron chi connectivity index (χ1n) is 7.94. The van der Waals surface area contributed by atoms with Crippen LogP contribution in [0.15, 0.2) is 41.3 Å². The minimum absolute atomic E-state index is 0.385. The normalized spacial score (nSPS) is 22.7. The van der Waals surface area contributed by atoms with Gasteiger partial charge in [0.2, 0.25) is 11.6 Å². The van der Waals surface area contributed by atoms with Gasteiger partial charge in [-0.1, -0.05) is 9.69 Å². The SMILES string of the molecule is COc1ccc2nccc([N+]3(C(N)=O)C=C4CCCCC4=N3)c2n1. The minimum atomic E-state index is -0.554. The number of primary amides is 1. The van der Waals surface area contributed by atoms with Gasteiger partial charge in [-0.25, -0.2) is 9.78 Å². The number of carbonyl (C=O) groups excluding carboxylic acids is 1. The molecule has 0 radical (unpaired) electrons. The van der Waals surface area contributed by atoms with Gasteiger partial charge in [0.1, 0.15) is 11.9 Å². The lowest BCUT2D eigenvalue weighted by atomic mass is 9.94. The summed E-state index contributed by atoms with van der Waals surface area (Å²) in [6, 6.07) is 4.74. The van der Waals surface area contributed by atoms with Crippen molar-refractivity contribution in [3.63, 3.8) is 0 Å². The number of urea groups is 1. The Bertz CT molecular complexity index is 881. The van der Waals surface area contributed by atoms with E-state index in [1.807, 2.05) is 12.3 Å². The van der Waals surface area contributed by atoms with Gasteiger partial charge in [0.15, 0.2) is 5.52 Å². The van der Waals surface area contributed by atoms with Crippen LogP contribution in [0.4, 0.5) is 10.5 Å². The van der Waals surface area contributed by atoms with Crippen LogP contribution in [0, 0.1) is 0 Å². The van der Waals surface area contributed by atoms with E-state index < -0.39 is 6.03 Å². The highest BCUT2D eigenvalue weighted by Gasteiger charge is 2.45. The summed E-state index contributed by atoms with van der Waals surface area (Å²) in [5, 5.41) is 4.70. The van der Waals surface area contributed by atoms with E-state index in [0.29, 0.717) is 22.6 Å². The highest BCUT2D eigenvalue weighted by molar-refractivity contribution is 6.08. The molecule has 24 heavy (non-hydrogen) atoms. The largest absolute Gasteiger partial charge is 0.481 e. The molecule has 1 fully saturated rings. The van der Waals surface area contributed by atoms with E-state index in [2.05, 4.69) is 9.97 Å². The fourth-order valence-electron chi connectivity index (χ4n) is 3.35. The summed E-state index contributed by atoms with van der Waals surface area (Å²) < 4.78 is 4.83. The molecule has 4 rings (SSSR count). The summed E-state index contributed by atoms with van der Waals surface area (Å²) in [6.07, 6.45) is 7.48. The van der Waals surface area contributed by atoms with E-state index in [-0.39, 0.29) is 4.59 Å². The average Bonchev–Trinajstić information content (AvgIpc) is 3.01. The number of fused-ring (bicyclic) bond motifs is 2. The van der Waals surface area contributed by atoms with E-state index in [1.165, 1.54) is 0 Å². The van der Waals surface area contributed by atoms with Crippen LogP contribution in [0.1, 0.15) is 25.7 Å². The molecule has 1 saturated carbocycles. The number of rotatable bonds is 2. The van der Waals surface area contributed by atoms with Gasteiger partial charge in [0.25, 0.3) is 0 Å². The monoisotopic (exact) mass is 324 g/mol. The summed E-state index contributed by atoms with van der Waals surface area (Å²) in [4.78, 5) is 21.2. The third kappa shape index (κ3) is 2.09. The van der Waals surface area contributed by atoms with Gasteiger partial charge in [-0.05, 0) is 31.7 Å². The number of quaternary nitrogens is 1. The van der Waals surface area contributed by atoms with Crippen molar-refractivity contribution in [2.45, 2.75) is 25.7 Å². The number of hydrogen-bond donors (Lipinski definition) is 1. The molecule has 2 amide bonds. The fourth-order valence-corrected chi connectivity index (χ4v) is 3.35. The standard InChI is InChI=1S/C17H17N5O2/c1-24-15-7-6-13-16(20-15)14(8-9-19-13)22(17(18)23)10-11-4-2-3-5-12(11)21-22/h6-10H,2-5H2,1H3,(H-,18,23)/p+1. The van der Waals surface area contributed by atoms with E-state index in [1.54, 1.807) is 25.4 Å². The quantitative estimate of drug-likeness (QED) is 0.860. The molecule has 1 atom stereocenters. The molecule has 1 aliphatic heterocycles. The Kier molecular flexibility index (Phi) is 3.31. The number of pyridine rings is 2. The molecule has 0 saturated heterocycles. The highest BCUT2D eigenvalue weighted by Crippen LogP contribution is 2.38. The molecule has 2 aliphatic rings. The zero-order valence-electron chi connectivity index (χ0n) is 13.4. The molecule has 1 unspecified atom stereocenters. The van der Waals surface area contributed by atoms with Gasteiger partial charge >= 0.3 is 6.03 Å². The molecule has 122 valence electrons. The molecule has 1 aliphatic carbocycles. The lowest BCUT2D eigenvalue weighted by molar-refractivity contribution is 0.227. The van der Waals surface area contributed by atoms with Gasteiger partial charge in [-0.3, -0.25) is 4.98 Å². The van der Waals surface area contributed by atoms with Crippen molar-refractivity contribution in [1.29, 1.82) is 0 Å². The third-order valence-corrected chi connectivity index (χ3v) is 4.55. The van der Waals surface area contributed by atoms with E-state index in [9.17, 15) is 4.79 Å². The van der Waals surface area contributed by atoms with Crippen molar-refractivity contribution in [3.05, 3.63) is 36.2 Å². The van der Waals surface area contributed by atoms with Gasteiger partial charge in [0.05, 0.1) is 12.6 Å². The predicted molar refractivity (Wildman–Crippen MR) is 91.5 cm³/mol. The molecule has 0 spiro atoms. The van der Waals surface area contributed by atoms with Crippen molar-refractivity contribution < 1.29 is 9.53 Å². The summed E-state index contributed by atoms with van der Waals surface area (Å²) >= 11 is 0. The Morgan fingerprint density at radius 3 is 2.83 bits per heavy atom. The second-order valence-corrected chi connectivity index (χ2v) is 5.98. The molecule has 3 heterocycles. The summed E-state index contributed by atoms with van der Waals surface area (Å²) in [5.74, 6) is 0.455. The number of nitrogens with zero attached hydrogens (tertiary/aromatic N) is 4. The van der Waals surface area contributed by atoms with Crippen molar-refractivity contribution in [3.8, 4) is 5.88 Å². The molecule has 7 nitrogen and oxygen atoms in total. The van der Waals surface area contributed by atoms with Crippen LogP contribution in [-0.4, -0.2) is 28.8 Å². The molecule has 0 aromatic carbocycles. The van der Waals surface area contributed by atoms with Gasteiger partial charge in [-0.2, -0.15) is 0 Å². The van der Waals surface area contributed by atoms with Gasteiger partial charge in [-0.15, -0.1) is 0 Å². The van der Waals surface area contributed by atoms with E-state index >= 15 is 0 Å². The van der Waals surface area contributed by atoms with Crippen LogP contribution in [0.2, 0.25) is 0 Å². The Labute approximate surface area is 139 Å². The maximum Gasteiger partial charge on any atom is 0.450 e. The summed E-state index contributed by atoms with van der Waals surface area (Å²) in [6.45, 7) is 0. The predicted octanol–water partition coefficient (Wildman–Crippen LogP) is 2.85. The smallest absolute Gasteiger partial charge is 0.450 e. The Hall–Kier alpha value is -2.80. The number of aromatic nitrogens is 2. The van der Waals surface area contributed by atoms with Crippen LogP contribution in [0.5, 0.6) is 5.88 Å². The first-order chi connectivity index (χ1) is 11.6. The van der Waals surface area contributed by atoms with Crippen molar-refractivity contribution in [2.75, 3.05) is 7.11 Å². The lowest BCUT2D eigenvalue weighted by Gasteiger charge is -2.21. The third-order valence-electron chi connectivity index (χ3n) is 4.55. The van der Waals surface area contributed by atoms with Gasteiger partial charge in [0, 0.05) is 23.9 Å². The summed E-state index contributed by atoms with van der Waals surface area (Å²) in [7, 11) is 1.55. The minimum Gasteiger partial charge on any atom is -0.481 e. The number of methoxy groups -OCH3 is 1. The van der Waals surface area contributed by atoms with Crippen LogP contribution in [0.3, 0.4) is 0 Å². The number of ether oxygens (including phenoxy) is 1. The molecule has 2 N–H and O–H groups in total. The fraction of sp³-hybridized carbons (Fsp3) is 0.294. The van der Waals surface area contributed by atoms with Crippen LogP contribution >= 0.6 is 0 Å². The first-order valence-corrected chi connectivity index (χ1v) is 7.94. The van der Waals surface area contributed by atoms with E-state index in [0.717, 1.165) is 37.0 Å². The number of nitrogens with two attached hydrogens (primary N) is 1. The molecule has 2 aromatic rings. The number of hydrogen-bond acceptors (Lipinski definition) is 5.